The van der Waals surface area contributed by atoms with Crippen LogP contribution in [0.15, 0.2) is 30.0 Å². The lowest BCUT2D eigenvalue weighted by Crippen LogP contribution is -2.39. The van der Waals surface area contributed by atoms with Crippen molar-refractivity contribution in [1.29, 1.82) is 0 Å². The van der Waals surface area contributed by atoms with Crippen molar-refractivity contribution in [2.45, 2.75) is 59.7 Å². The van der Waals surface area contributed by atoms with E-state index in [2.05, 4.69) is 11.8 Å². The Bertz CT molecular complexity index is 790. The van der Waals surface area contributed by atoms with Gasteiger partial charge in [-0.05, 0) is 64.2 Å². The molecule has 2 aliphatic rings. The summed E-state index contributed by atoms with van der Waals surface area (Å²) >= 11 is 0. The largest absolute Gasteiger partial charge is 0.491 e. The highest BCUT2D eigenvalue weighted by molar-refractivity contribution is 6.35. The maximum atomic E-state index is 13.3. The molecule has 2 heterocycles. The fourth-order valence-electron chi connectivity index (χ4n) is 3.90. The molecule has 2 amide bonds. The zero-order valence-electron chi connectivity index (χ0n) is 18.8. The van der Waals surface area contributed by atoms with Crippen molar-refractivity contribution in [3.8, 4) is 5.75 Å². The lowest BCUT2D eigenvalue weighted by molar-refractivity contribution is -0.138. The molecule has 164 valence electrons. The third-order valence-corrected chi connectivity index (χ3v) is 5.52. The van der Waals surface area contributed by atoms with Crippen LogP contribution < -0.4 is 4.74 Å². The summed E-state index contributed by atoms with van der Waals surface area (Å²) in [6.07, 6.45) is 2.18. The number of nitrogens with zero attached hydrogens (tertiary/aromatic N) is 2. The second-order valence-corrected chi connectivity index (χ2v) is 8.77. The van der Waals surface area contributed by atoms with Crippen LogP contribution in [0, 0.1) is 5.92 Å². The van der Waals surface area contributed by atoms with Crippen molar-refractivity contribution in [2.24, 2.45) is 5.92 Å². The van der Waals surface area contributed by atoms with Gasteiger partial charge in [0.25, 0.3) is 11.8 Å². The summed E-state index contributed by atoms with van der Waals surface area (Å²) in [5.41, 5.74) is 1.79. The number of rotatable bonds is 8. The van der Waals surface area contributed by atoms with Crippen molar-refractivity contribution in [1.82, 2.24) is 9.80 Å². The van der Waals surface area contributed by atoms with Crippen LogP contribution >= 0.6 is 0 Å². The number of carbonyl (C=O) groups is 2. The van der Waals surface area contributed by atoms with Crippen molar-refractivity contribution in [3.63, 3.8) is 0 Å². The highest BCUT2D eigenvalue weighted by atomic mass is 16.5. The molecule has 0 spiro atoms. The number of imide groups is 1. The topological polar surface area (TPSA) is 59.1 Å². The van der Waals surface area contributed by atoms with E-state index in [0.717, 1.165) is 37.2 Å². The first-order chi connectivity index (χ1) is 14.3. The summed E-state index contributed by atoms with van der Waals surface area (Å²) in [4.78, 5) is 30.0. The van der Waals surface area contributed by atoms with Crippen LogP contribution in [-0.2, 0) is 14.3 Å². The molecule has 0 unspecified atom stereocenters. The zero-order chi connectivity index (χ0) is 21.8. The maximum Gasteiger partial charge on any atom is 0.277 e. The Balaban J connectivity index is 1.90. The van der Waals surface area contributed by atoms with Gasteiger partial charge in [0.15, 0.2) is 0 Å². The molecule has 1 fully saturated rings. The molecule has 3 rings (SSSR count). The van der Waals surface area contributed by atoms with E-state index < -0.39 is 0 Å². The molecule has 1 saturated heterocycles. The van der Waals surface area contributed by atoms with Crippen molar-refractivity contribution in [3.05, 3.63) is 35.5 Å². The number of ether oxygens (including phenoxy) is 2. The molecular formula is C24H34N2O4. The second-order valence-electron chi connectivity index (χ2n) is 8.77. The Morgan fingerprint density at radius 3 is 2.17 bits per heavy atom. The molecule has 0 aliphatic carbocycles. The molecule has 30 heavy (non-hydrogen) atoms. The minimum atomic E-state index is -0.237. The molecule has 0 N–H and O–H groups in total. The van der Waals surface area contributed by atoms with Gasteiger partial charge in [-0.3, -0.25) is 14.5 Å². The highest BCUT2D eigenvalue weighted by Gasteiger charge is 2.41. The molecule has 1 aromatic carbocycles. The average Bonchev–Trinajstić information content (AvgIpc) is 2.93. The minimum absolute atomic E-state index is 0.0572. The van der Waals surface area contributed by atoms with Gasteiger partial charge in [0.05, 0.1) is 30.9 Å². The Kier molecular flexibility index (Phi) is 7.19. The fraction of sp³-hybridized carbons (Fsp3) is 0.583. The summed E-state index contributed by atoms with van der Waals surface area (Å²) in [6.45, 7) is 12.3. The molecular weight excluding hydrogens is 380 g/mol. The zero-order valence-corrected chi connectivity index (χ0v) is 18.8. The molecule has 0 aromatic heterocycles. The first kappa shape index (κ1) is 22.3. The maximum absolute atomic E-state index is 13.3. The molecule has 6 nitrogen and oxygen atoms in total. The third kappa shape index (κ3) is 5.04. The fourth-order valence-corrected chi connectivity index (χ4v) is 3.90. The van der Waals surface area contributed by atoms with Gasteiger partial charge in [0.1, 0.15) is 11.4 Å². The molecule has 0 radical (unpaired) electrons. The SMILES string of the molecule is CC1CCN(C2=C(c3ccc(OC(C)C)cc3)C(=O)N(CCOC(C)C)C2=O)CC1. The van der Waals surface area contributed by atoms with Gasteiger partial charge in [-0.15, -0.1) is 0 Å². The summed E-state index contributed by atoms with van der Waals surface area (Å²) in [5, 5.41) is 0. The summed E-state index contributed by atoms with van der Waals surface area (Å²) in [6, 6.07) is 7.47. The normalized spacial score (nSPS) is 18.4. The smallest absolute Gasteiger partial charge is 0.277 e. The standard InChI is InChI=1S/C24H34N2O4/c1-16(2)29-15-14-26-23(27)21(19-6-8-20(9-7-19)30-17(3)4)22(24(26)28)25-12-10-18(5)11-13-25/h6-9,16-18H,10-15H2,1-5H3. The van der Waals surface area contributed by atoms with E-state index in [1.807, 2.05) is 52.0 Å². The predicted molar refractivity (Wildman–Crippen MR) is 117 cm³/mol. The third-order valence-electron chi connectivity index (χ3n) is 5.52. The number of benzene rings is 1. The van der Waals surface area contributed by atoms with Crippen molar-refractivity contribution in [2.75, 3.05) is 26.2 Å². The van der Waals surface area contributed by atoms with Gasteiger partial charge < -0.3 is 14.4 Å². The van der Waals surface area contributed by atoms with Crippen molar-refractivity contribution >= 4 is 17.4 Å². The lowest BCUT2D eigenvalue weighted by Gasteiger charge is -2.32. The van der Waals surface area contributed by atoms with Gasteiger partial charge in [0.2, 0.25) is 0 Å². The Morgan fingerprint density at radius 1 is 0.967 bits per heavy atom. The average molecular weight is 415 g/mol. The van der Waals surface area contributed by atoms with Crippen LogP contribution in [0.1, 0.15) is 53.0 Å². The Hall–Kier alpha value is -2.34. The van der Waals surface area contributed by atoms with Crippen LogP contribution in [0.4, 0.5) is 0 Å². The van der Waals surface area contributed by atoms with E-state index in [9.17, 15) is 9.59 Å². The second kappa shape index (κ2) is 9.65. The molecule has 6 heteroatoms. The summed E-state index contributed by atoms with van der Waals surface area (Å²) in [5.74, 6) is 0.945. The number of likely N-dealkylation sites (tertiary alicyclic amines) is 1. The van der Waals surface area contributed by atoms with Gasteiger partial charge in [0, 0.05) is 13.1 Å². The number of hydrogen-bond acceptors (Lipinski definition) is 5. The van der Waals surface area contributed by atoms with Gasteiger partial charge in [-0.1, -0.05) is 19.1 Å². The van der Waals surface area contributed by atoms with Crippen LogP contribution in [0.25, 0.3) is 5.57 Å². The lowest BCUT2D eigenvalue weighted by atomic mass is 9.97. The Labute approximate surface area is 179 Å². The molecule has 2 aliphatic heterocycles. The van der Waals surface area contributed by atoms with Crippen LogP contribution in [-0.4, -0.2) is 60.1 Å². The van der Waals surface area contributed by atoms with Crippen LogP contribution in [0.2, 0.25) is 0 Å². The van der Waals surface area contributed by atoms with Gasteiger partial charge >= 0.3 is 0 Å². The quantitative estimate of drug-likeness (QED) is 0.607. The highest BCUT2D eigenvalue weighted by Crippen LogP contribution is 2.34. The van der Waals surface area contributed by atoms with Gasteiger partial charge in [-0.2, -0.15) is 0 Å². The predicted octanol–water partition coefficient (Wildman–Crippen LogP) is 3.71. The van der Waals surface area contributed by atoms with Crippen LogP contribution in [0.5, 0.6) is 5.75 Å². The van der Waals surface area contributed by atoms with Gasteiger partial charge in [-0.25, -0.2) is 0 Å². The van der Waals surface area contributed by atoms with E-state index in [1.165, 1.54) is 4.90 Å². The summed E-state index contributed by atoms with van der Waals surface area (Å²) < 4.78 is 11.3. The van der Waals surface area contributed by atoms with E-state index in [0.29, 0.717) is 23.8 Å². The number of amides is 2. The molecule has 0 saturated carbocycles. The monoisotopic (exact) mass is 414 g/mol. The number of piperidine rings is 1. The first-order valence-electron chi connectivity index (χ1n) is 11.0. The molecule has 1 aromatic rings. The van der Waals surface area contributed by atoms with Crippen molar-refractivity contribution < 1.29 is 19.1 Å². The number of hydrogen-bond donors (Lipinski definition) is 0. The van der Waals surface area contributed by atoms with E-state index >= 15 is 0 Å². The minimum Gasteiger partial charge on any atom is -0.491 e. The van der Waals surface area contributed by atoms with E-state index in [4.69, 9.17) is 9.47 Å². The molecule has 0 atom stereocenters. The summed E-state index contributed by atoms with van der Waals surface area (Å²) in [7, 11) is 0. The molecule has 0 bridgehead atoms. The first-order valence-corrected chi connectivity index (χ1v) is 11.0. The van der Waals surface area contributed by atoms with Crippen LogP contribution in [0.3, 0.4) is 0 Å². The van der Waals surface area contributed by atoms with E-state index in [1.54, 1.807) is 0 Å². The number of carbonyl (C=O) groups excluding carboxylic acids is 2. The Morgan fingerprint density at radius 2 is 1.60 bits per heavy atom. The van der Waals surface area contributed by atoms with E-state index in [-0.39, 0.29) is 30.6 Å².